The molecule has 0 radical (unpaired) electrons. The van der Waals surface area contributed by atoms with Gasteiger partial charge in [0.05, 0.1) is 6.61 Å². The number of carbonyl (C=O) groups excluding carboxylic acids is 1. The minimum absolute atomic E-state index is 0.330. The minimum Gasteiger partial charge on any atom is -0.480 e. The second-order valence-corrected chi connectivity index (χ2v) is 6.05. The first-order valence-corrected chi connectivity index (χ1v) is 8.82. The Labute approximate surface area is 140 Å². The average molecular weight is 338 g/mol. The molecule has 0 bridgehead atoms. The molecule has 126 valence electrons. The second-order valence-electron chi connectivity index (χ2n) is 5.20. The lowest BCUT2D eigenvalue weighted by Crippen LogP contribution is -2.51. The lowest BCUT2D eigenvalue weighted by atomic mass is 10.0. The van der Waals surface area contributed by atoms with Crippen molar-refractivity contribution in [2.24, 2.45) is 0 Å². The van der Waals surface area contributed by atoms with E-state index in [1.54, 1.807) is 23.6 Å². The number of hydrogen-bond donors (Lipinski definition) is 1. The van der Waals surface area contributed by atoms with Crippen molar-refractivity contribution in [3.63, 3.8) is 0 Å². The van der Waals surface area contributed by atoms with Crippen LogP contribution in [-0.4, -0.2) is 66.0 Å². The van der Waals surface area contributed by atoms with Gasteiger partial charge >= 0.3 is 12.1 Å². The first-order chi connectivity index (χ1) is 11.1. The van der Waals surface area contributed by atoms with Crippen molar-refractivity contribution in [2.75, 3.05) is 39.0 Å². The summed E-state index contributed by atoms with van der Waals surface area (Å²) in [6.07, 6.45) is 1.61. The maximum absolute atomic E-state index is 11.8. The van der Waals surface area contributed by atoms with Crippen molar-refractivity contribution in [1.82, 2.24) is 9.80 Å². The number of nitrogens with zero attached hydrogens (tertiary/aromatic N) is 2. The monoisotopic (exact) mass is 338 g/mol. The highest BCUT2D eigenvalue weighted by Crippen LogP contribution is 2.30. The highest BCUT2D eigenvalue weighted by atomic mass is 32.2. The molecular formula is C16H22N2O4S. The predicted octanol–water partition coefficient (Wildman–Crippen LogP) is 2.31. The molecule has 1 saturated heterocycles. The summed E-state index contributed by atoms with van der Waals surface area (Å²) in [5.41, 5.74) is 0.803. The number of aliphatic carboxylic acids is 1. The summed E-state index contributed by atoms with van der Waals surface area (Å²) in [6.45, 7) is 4.09. The fourth-order valence-corrected chi connectivity index (χ4v) is 3.39. The Kier molecular flexibility index (Phi) is 6.29. The highest BCUT2D eigenvalue weighted by molar-refractivity contribution is 7.98. The standard InChI is InChI=1S/C16H22N2O4S/c1-3-22-16(21)18-10-8-17(9-11-18)14(15(19)20)12-6-4-5-7-13(12)23-2/h4-7,14H,3,8-11H2,1-2H3,(H,19,20)/t14-/m1/s1. The molecule has 1 aromatic carbocycles. The van der Waals surface area contributed by atoms with Gasteiger partial charge in [-0.1, -0.05) is 18.2 Å². The van der Waals surface area contributed by atoms with Gasteiger partial charge in [-0.2, -0.15) is 0 Å². The van der Waals surface area contributed by atoms with Gasteiger partial charge in [0.15, 0.2) is 0 Å². The van der Waals surface area contributed by atoms with E-state index in [-0.39, 0.29) is 6.09 Å². The van der Waals surface area contributed by atoms with Crippen molar-refractivity contribution in [3.8, 4) is 0 Å². The van der Waals surface area contributed by atoms with Crippen molar-refractivity contribution in [1.29, 1.82) is 0 Å². The fourth-order valence-electron chi connectivity index (χ4n) is 2.76. The third-order valence-electron chi connectivity index (χ3n) is 3.87. The largest absolute Gasteiger partial charge is 0.480 e. The van der Waals surface area contributed by atoms with Crippen LogP contribution in [0, 0.1) is 0 Å². The summed E-state index contributed by atoms with van der Waals surface area (Å²) in [5, 5.41) is 9.70. The minimum atomic E-state index is -0.865. The van der Waals surface area contributed by atoms with Crippen LogP contribution in [0.3, 0.4) is 0 Å². The second kappa shape index (κ2) is 8.21. The van der Waals surface area contributed by atoms with Crippen LogP contribution in [0.1, 0.15) is 18.5 Å². The number of thioether (sulfide) groups is 1. The van der Waals surface area contributed by atoms with Gasteiger partial charge in [0, 0.05) is 31.1 Å². The summed E-state index contributed by atoms with van der Waals surface area (Å²) in [7, 11) is 0. The Bertz CT molecular complexity index is 559. The smallest absolute Gasteiger partial charge is 0.409 e. The van der Waals surface area contributed by atoms with Crippen LogP contribution in [0.2, 0.25) is 0 Å². The van der Waals surface area contributed by atoms with E-state index in [0.29, 0.717) is 32.8 Å². The number of piperazine rings is 1. The van der Waals surface area contributed by atoms with E-state index in [1.807, 2.05) is 35.4 Å². The van der Waals surface area contributed by atoms with Gasteiger partial charge in [0.1, 0.15) is 6.04 Å². The van der Waals surface area contributed by atoms with Gasteiger partial charge in [-0.25, -0.2) is 4.79 Å². The van der Waals surface area contributed by atoms with Gasteiger partial charge in [-0.05, 0) is 24.8 Å². The van der Waals surface area contributed by atoms with Crippen LogP contribution in [0.15, 0.2) is 29.2 Å². The zero-order chi connectivity index (χ0) is 16.8. The number of amides is 1. The number of carbonyl (C=O) groups is 2. The van der Waals surface area contributed by atoms with Gasteiger partial charge in [0.25, 0.3) is 0 Å². The summed E-state index contributed by atoms with van der Waals surface area (Å²) in [5.74, 6) is -0.865. The van der Waals surface area contributed by atoms with E-state index < -0.39 is 12.0 Å². The van der Waals surface area contributed by atoms with Crippen molar-refractivity contribution < 1.29 is 19.4 Å². The molecule has 1 N–H and O–H groups in total. The Morgan fingerprint density at radius 2 is 1.91 bits per heavy atom. The Hall–Kier alpha value is -1.73. The van der Waals surface area contributed by atoms with Crippen LogP contribution in [0.25, 0.3) is 0 Å². The molecule has 0 aliphatic carbocycles. The number of benzene rings is 1. The lowest BCUT2D eigenvalue weighted by Gasteiger charge is -2.37. The van der Waals surface area contributed by atoms with Crippen LogP contribution in [0.5, 0.6) is 0 Å². The molecule has 2 rings (SSSR count). The highest BCUT2D eigenvalue weighted by Gasteiger charge is 2.33. The first kappa shape index (κ1) is 17.6. The molecule has 0 spiro atoms. The van der Waals surface area contributed by atoms with Crippen molar-refractivity contribution in [2.45, 2.75) is 17.9 Å². The van der Waals surface area contributed by atoms with E-state index >= 15 is 0 Å². The molecule has 1 heterocycles. The zero-order valence-corrected chi connectivity index (χ0v) is 14.2. The molecule has 0 unspecified atom stereocenters. The van der Waals surface area contributed by atoms with Crippen molar-refractivity contribution >= 4 is 23.8 Å². The van der Waals surface area contributed by atoms with Crippen molar-refractivity contribution in [3.05, 3.63) is 29.8 Å². The van der Waals surface area contributed by atoms with E-state index in [0.717, 1.165) is 10.5 Å². The third-order valence-corrected chi connectivity index (χ3v) is 4.68. The van der Waals surface area contributed by atoms with Crippen LogP contribution < -0.4 is 0 Å². The Balaban J connectivity index is 2.12. The Morgan fingerprint density at radius 3 is 2.48 bits per heavy atom. The molecule has 6 nitrogen and oxygen atoms in total. The van der Waals surface area contributed by atoms with Crippen LogP contribution >= 0.6 is 11.8 Å². The first-order valence-electron chi connectivity index (χ1n) is 7.60. The Morgan fingerprint density at radius 1 is 1.26 bits per heavy atom. The number of carboxylic acid groups (broad SMARTS) is 1. The molecule has 23 heavy (non-hydrogen) atoms. The summed E-state index contributed by atoms with van der Waals surface area (Å²) in [6, 6.07) is 6.88. The topological polar surface area (TPSA) is 70.1 Å². The molecule has 7 heteroatoms. The predicted molar refractivity (Wildman–Crippen MR) is 88.8 cm³/mol. The number of carboxylic acids is 1. The SMILES string of the molecule is CCOC(=O)N1CCN([C@@H](C(=O)O)c2ccccc2SC)CC1. The average Bonchev–Trinajstić information content (AvgIpc) is 2.56. The normalized spacial score (nSPS) is 16.9. The molecule has 0 aromatic heterocycles. The maximum atomic E-state index is 11.8. The van der Waals surface area contributed by atoms with Gasteiger partial charge in [0.2, 0.25) is 0 Å². The van der Waals surface area contributed by atoms with Gasteiger partial charge in [-0.3, -0.25) is 9.69 Å². The molecule has 1 aromatic rings. The fraction of sp³-hybridized carbons (Fsp3) is 0.500. The third kappa shape index (κ3) is 4.17. The van der Waals surface area contributed by atoms with Gasteiger partial charge in [-0.15, -0.1) is 11.8 Å². The van der Waals surface area contributed by atoms with E-state index in [2.05, 4.69) is 0 Å². The number of hydrogen-bond acceptors (Lipinski definition) is 5. The zero-order valence-electron chi connectivity index (χ0n) is 13.4. The summed E-state index contributed by atoms with van der Waals surface area (Å²) >= 11 is 1.54. The van der Waals surface area contributed by atoms with E-state index in [4.69, 9.17) is 4.74 Å². The van der Waals surface area contributed by atoms with Gasteiger partial charge < -0.3 is 14.7 Å². The molecule has 1 amide bonds. The summed E-state index contributed by atoms with van der Waals surface area (Å²) < 4.78 is 4.99. The molecule has 0 saturated carbocycles. The molecular weight excluding hydrogens is 316 g/mol. The molecule has 1 aliphatic heterocycles. The van der Waals surface area contributed by atoms with E-state index in [1.165, 1.54) is 0 Å². The lowest BCUT2D eigenvalue weighted by molar-refractivity contribution is -0.144. The molecule has 1 aliphatic rings. The number of rotatable bonds is 5. The quantitative estimate of drug-likeness (QED) is 0.831. The van der Waals surface area contributed by atoms with E-state index in [9.17, 15) is 14.7 Å². The summed E-state index contributed by atoms with van der Waals surface area (Å²) in [4.78, 5) is 28.1. The molecule has 1 fully saturated rings. The van der Waals surface area contributed by atoms with Crippen LogP contribution in [0.4, 0.5) is 4.79 Å². The number of ether oxygens (including phenoxy) is 1. The molecule has 1 atom stereocenters. The van der Waals surface area contributed by atoms with Crippen LogP contribution in [-0.2, 0) is 9.53 Å². The maximum Gasteiger partial charge on any atom is 0.409 e.